The Hall–Kier alpha value is -3.57. The predicted octanol–water partition coefficient (Wildman–Crippen LogP) is 5.96. The molecule has 4 aromatic rings. The van der Waals surface area contributed by atoms with Crippen molar-refractivity contribution in [1.82, 2.24) is 10.2 Å². The molecule has 0 saturated carbocycles. The van der Waals surface area contributed by atoms with E-state index in [0.717, 1.165) is 14.7 Å². The highest BCUT2D eigenvalue weighted by atomic mass is 127. The minimum absolute atomic E-state index is 0.00707. The topological polar surface area (TPSA) is 92.6 Å². The van der Waals surface area contributed by atoms with E-state index in [4.69, 9.17) is 4.74 Å². The number of carbonyl (C=O) groups is 2. The molecule has 9 heteroatoms. The van der Waals surface area contributed by atoms with Crippen LogP contribution in [0.15, 0.2) is 78.4 Å². The fourth-order valence-electron chi connectivity index (χ4n) is 4.17. The molecule has 37 heavy (non-hydrogen) atoms. The average molecular weight is 623 g/mol. The number of halogens is 1. The van der Waals surface area contributed by atoms with Crippen molar-refractivity contribution in [1.29, 1.82) is 0 Å². The minimum atomic E-state index is -0.832. The first-order chi connectivity index (χ1) is 17.8. The maximum atomic E-state index is 13.2. The number of aliphatic hydroxyl groups excluding tert-OH is 1. The highest BCUT2D eigenvalue weighted by molar-refractivity contribution is 14.1. The zero-order chi connectivity index (χ0) is 26.1. The van der Waals surface area contributed by atoms with Gasteiger partial charge in [0.25, 0.3) is 5.78 Å². The number of rotatable bonds is 6. The zero-order valence-electron chi connectivity index (χ0n) is 20.0. The van der Waals surface area contributed by atoms with Gasteiger partial charge >= 0.3 is 5.91 Å². The fourth-order valence-corrected chi connectivity index (χ4v) is 5.25. The molecule has 1 aliphatic heterocycles. The van der Waals surface area contributed by atoms with Crippen molar-refractivity contribution < 1.29 is 19.4 Å². The quantitative estimate of drug-likeness (QED) is 0.123. The lowest BCUT2D eigenvalue weighted by Gasteiger charge is -2.22. The van der Waals surface area contributed by atoms with E-state index >= 15 is 0 Å². The van der Waals surface area contributed by atoms with Crippen molar-refractivity contribution in [2.24, 2.45) is 0 Å². The number of hydrogen-bond acceptors (Lipinski definition) is 7. The highest BCUT2D eigenvalue weighted by Gasteiger charge is 2.48. The Morgan fingerprint density at radius 3 is 2.35 bits per heavy atom. The summed E-state index contributed by atoms with van der Waals surface area (Å²) < 4.78 is 6.91. The monoisotopic (exact) mass is 623 g/mol. The van der Waals surface area contributed by atoms with Crippen LogP contribution in [0.3, 0.4) is 0 Å². The summed E-state index contributed by atoms with van der Waals surface area (Å²) in [7, 11) is 0. The number of ether oxygens (including phenoxy) is 1. The third kappa shape index (κ3) is 5.01. The molecule has 5 rings (SSSR count). The fraction of sp³-hybridized carbons (Fsp3) is 0.143. The summed E-state index contributed by atoms with van der Waals surface area (Å²) in [5.41, 5.74) is 3.33. The van der Waals surface area contributed by atoms with Gasteiger partial charge in [0.15, 0.2) is 0 Å². The van der Waals surface area contributed by atoms with Gasteiger partial charge in [-0.3, -0.25) is 14.5 Å². The molecule has 0 radical (unpaired) electrons. The largest absolute Gasteiger partial charge is 0.507 e. The summed E-state index contributed by atoms with van der Waals surface area (Å²) in [5.74, 6) is -1.15. The number of aryl methyl sites for hydroxylation is 2. The smallest absolute Gasteiger partial charge is 0.301 e. The van der Waals surface area contributed by atoms with Crippen molar-refractivity contribution in [2.45, 2.75) is 26.5 Å². The van der Waals surface area contributed by atoms with Crippen LogP contribution in [0.2, 0.25) is 0 Å². The number of anilines is 1. The van der Waals surface area contributed by atoms with E-state index in [0.29, 0.717) is 33.6 Å². The van der Waals surface area contributed by atoms with Gasteiger partial charge in [0.1, 0.15) is 23.1 Å². The van der Waals surface area contributed by atoms with Crippen LogP contribution in [0.25, 0.3) is 5.76 Å². The molecule has 1 N–H and O–H groups in total. The van der Waals surface area contributed by atoms with Gasteiger partial charge in [-0.15, -0.1) is 10.2 Å². The van der Waals surface area contributed by atoms with Crippen LogP contribution in [0.5, 0.6) is 5.75 Å². The summed E-state index contributed by atoms with van der Waals surface area (Å²) >= 11 is 3.41. The standard InChI is InChI=1S/C28H22IN3O4S/c1-16-5-3-4-6-20(16)15-36-22-13-9-19(10-14-22)25(33)23-24(18-7-11-21(29)12-8-18)32(27(35)26(23)34)28-31-30-17(2)37-28/h3-14,24,33H,15H2,1-2H3/b25-23+. The van der Waals surface area contributed by atoms with E-state index in [9.17, 15) is 14.7 Å². The van der Waals surface area contributed by atoms with E-state index in [2.05, 4.69) is 32.8 Å². The molecular weight excluding hydrogens is 601 g/mol. The molecule has 0 bridgehead atoms. The number of Topliss-reactive ketones (excluding diaryl/α,β-unsaturated/α-hetero) is 1. The number of hydrogen-bond donors (Lipinski definition) is 1. The van der Waals surface area contributed by atoms with Gasteiger partial charge in [-0.2, -0.15) is 0 Å². The van der Waals surface area contributed by atoms with Gasteiger partial charge in [-0.25, -0.2) is 0 Å². The first-order valence-electron chi connectivity index (χ1n) is 11.5. The van der Waals surface area contributed by atoms with Crippen molar-refractivity contribution in [3.8, 4) is 5.75 Å². The van der Waals surface area contributed by atoms with Crippen LogP contribution in [0, 0.1) is 17.4 Å². The summed E-state index contributed by atoms with van der Waals surface area (Å²) in [5, 5.41) is 20.4. The summed E-state index contributed by atoms with van der Waals surface area (Å²) in [4.78, 5) is 27.7. The van der Waals surface area contributed by atoms with Crippen LogP contribution in [-0.4, -0.2) is 27.0 Å². The lowest BCUT2D eigenvalue weighted by Crippen LogP contribution is -2.29. The van der Waals surface area contributed by atoms with E-state index in [1.54, 1.807) is 31.2 Å². The normalized spacial score (nSPS) is 16.8. The molecule has 1 amide bonds. The average Bonchev–Trinajstić information content (AvgIpc) is 3.44. The molecule has 1 aliphatic rings. The van der Waals surface area contributed by atoms with E-state index in [1.165, 1.54) is 16.2 Å². The number of aliphatic hydroxyl groups is 1. The Kier molecular flexibility index (Phi) is 7.07. The van der Waals surface area contributed by atoms with Crippen molar-refractivity contribution in [3.63, 3.8) is 0 Å². The third-order valence-electron chi connectivity index (χ3n) is 6.13. The van der Waals surface area contributed by atoms with Gasteiger partial charge in [-0.1, -0.05) is 47.7 Å². The number of carbonyl (C=O) groups excluding carboxylic acids is 2. The maximum absolute atomic E-state index is 13.2. The SMILES string of the molecule is Cc1nnc(N2C(=O)C(=O)/C(=C(/O)c3ccc(OCc4ccccc4C)cc3)C2c2ccc(I)cc2)s1. The van der Waals surface area contributed by atoms with Crippen LogP contribution in [0.1, 0.15) is 33.3 Å². The van der Waals surface area contributed by atoms with E-state index < -0.39 is 17.7 Å². The molecule has 186 valence electrons. The number of benzene rings is 3. The minimum Gasteiger partial charge on any atom is -0.507 e. The van der Waals surface area contributed by atoms with E-state index in [1.807, 2.05) is 55.5 Å². The second kappa shape index (κ2) is 10.4. The molecular formula is C28H22IN3O4S. The van der Waals surface area contributed by atoms with Gasteiger partial charge in [0.05, 0.1) is 11.6 Å². The van der Waals surface area contributed by atoms with Gasteiger partial charge in [0, 0.05) is 9.13 Å². The number of ketones is 1. The highest BCUT2D eigenvalue weighted by Crippen LogP contribution is 2.43. The number of nitrogens with zero attached hydrogens (tertiary/aromatic N) is 3. The molecule has 1 fully saturated rings. The second-order valence-electron chi connectivity index (χ2n) is 8.56. The Balaban J connectivity index is 1.50. The van der Waals surface area contributed by atoms with Crippen molar-refractivity contribution in [3.05, 3.63) is 109 Å². The lowest BCUT2D eigenvalue weighted by molar-refractivity contribution is -0.132. The summed E-state index contributed by atoms with van der Waals surface area (Å²) in [6, 6.07) is 21.4. The molecule has 2 heterocycles. The van der Waals surface area contributed by atoms with Gasteiger partial charge < -0.3 is 9.84 Å². The molecule has 1 saturated heterocycles. The first kappa shape index (κ1) is 25.1. The molecule has 7 nitrogen and oxygen atoms in total. The molecule has 3 aromatic carbocycles. The van der Waals surface area contributed by atoms with Gasteiger partial charge in [-0.05, 0) is 89.5 Å². The Morgan fingerprint density at radius 2 is 1.70 bits per heavy atom. The zero-order valence-corrected chi connectivity index (χ0v) is 23.0. The second-order valence-corrected chi connectivity index (χ2v) is 11.0. The van der Waals surface area contributed by atoms with E-state index in [-0.39, 0.29) is 11.3 Å². The molecule has 1 unspecified atom stereocenters. The Bertz CT molecular complexity index is 1510. The van der Waals surface area contributed by atoms with Crippen LogP contribution in [-0.2, 0) is 16.2 Å². The maximum Gasteiger partial charge on any atom is 0.301 e. The molecule has 0 aliphatic carbocycles. The number of aromatic nitrogens is 2. The Morgan fingerprint density at radius 1 is 1.00 bits per heavy atom. The molecule has 1 aromatic heterocycles. The lowest BCUT2D eigenvalue weighted by atomic mass is 9.95. The Labute approximate surface area is 231 Å². The summed E-state index contributed by atoms with van der Waals surface area (Å²) in [6.45, 7) is 4.22. The van der Waals surface area contributed by atoms with Crippen LogP contribution < -0.4 is 9.64 Å². The third-order valence-corrected chi connectivity index (χ3v) is 7.69. The van der Waals surface area contributed by atoms with Crippen LogP contribution >= 0.6 is 33.9 Å². The molecule has 1 atom stereocenters. The van der Waals surface area contributed by atoms with Crippen molar-refractivity contribution in [2.75, 3.05) is 4.90 Å². The van der Waals surface area contributed by atoms with Gasteiger partial charge in [0.2, 0.25) is 5.13 Å². The summed E-state index contributed by atoms with van der Waals surface area (Å²) in [6.07, 6.45) is 0. The predicted molar refractivity (Wildman–Crippen MR) is 151 cm³/mol. The van der Waals surface area contributed by atoms with Crippen molar-refractivity contribution >= 4 is 56.5 Å². The first-order valence-corrected chi connectivity index (χ1v) is 13.4. The van der Waals surface area contributed by atoms with Crippen LogP contribution in [0.4, 0.5) is 5.13 Å². The number of amides is 1. The molecule has 0 spiro atoms.